The van der Waals surface area contributed by atoms with Crippen LogP contribution >= 0.6 is 22.6 Å². The molecule has 0 atom stereocenters. The fraction of sp³-hybridized carbons (Fsp3) is 0.385. The van der Waals surface area contributed by atoms with Crippen LogP contribution in [0, 0.1) is 3.57 Å². The van der Waals surface area contributed by atoms with Crippen LogP contribution in [0.2, 0.25) is 0 Å². The van der Waals surface area contributed by atoms with Crippen molar-refractivity contribution in [2.24, 2.45) is 0 Å². The molecule has 1 aliphatic rings. The SMILES string of the molecule is O=C(c1cccc(I)c1)N1CCC(O)(C(=O)O)CC1. The quantitative estimate of drug-likeness (QED) is 0.765. The summed E-state index contributed by atoms with van der Waals surface area (Å²) in [5.41, 5.74) is -1.10. The molecule has 19 heavy (non-hydrogen) atoms. The number of rotatable bonds is 2. The predicted molar refractivity (Wildman–Crippen MR) is 76.9 cm³/mol. The largest absolute Gasteiger partial charge is 0.479 e. The second-order valence-corrected chi connectivity index (χ2v) is 5.88. The Labute approximate surface area is 124 Å². The summed E-state index contributed by atoms with van der Waals surface area (Å²) in [6.45, 7) is 0.514. The second-order valence-electron chi connectivity index (χ2n) is 4.64. The number of hydrogen-bond donors (Lipinski definition) is 2. The predicted octanol–water partition coefficient (Wildman–Crippen LogP) is 1.34. The molecule has 6 heteroatoms. The van der Waals surface area contributed by atoms with Crippen molar-refractivity contribution >= 4 is 34.5 Å². The summed E-state index contributed by atoms with van der Waals surface area (Å²) >= 11 is 2.14. The molecule has 5 nitrogen and oxygen atoms in total. The first-order chi connectivity index (χ1) is 8.92. The topological polar surface area (TPSA) is 77.8 Å². The monoisotopic (exact) mass is 375 g/mol. The number of hydrogen-bond acceptors (Lipinski definition) is 3. The number of carboxylic acid groups (broad SMARTS) is 1. The zero-order valence-electron chi connectivity index (χ0n) is 10.2. The van der Waals surface area contributed by atoms with Crippen LogP contribution in [0.1, 0.15) is 23.2 Å². The average molecular weight is 375 g/mol. The maximum absolute atomic E-state index is 12.2. The van der Waals surface area contributed by atoms with Gasteiger partial charge in [0.25, 0.3) is 5.91 Å². The van der Waals surface area contributed by atoms with Crippen molar-refractivity contribution in [2.75, 3.05) is 13.1 Å². The first-order valence-electron chi connectivity index (χ1n) is 5.93. The smallest absolute Gasteiger partial charge is 0.335 e. The Bertz CT molecular complexity index is 509. The van der Waals surface area contributed by atoms with Gasteiger partial charge in [-0.15, -0.1) is 0 Å². The molecule has 1 aromatic rings. The summed E-state index contributed by atoms with van der Waals surface area (Å²) in [5.74, 6) is -1.33. The van der Waals surface area contributed by atoms with E-state index in [0.29, 0.717) is 5.56 Å². The van der Waals surface area contributed by atoms with Crippen LogP contribution in [0.15, 0.2) is 24.3 Å². The van der Waals surface area contributed by atoms with E-state index < -0.39 is 11.6 Å². The number of piperidine rings is 1. The molecule has 1 heterocycles. The minimum absolute atomic E-state index is 0.0675. The minimum Gasteiger partial charge on any atom is -0.479 e. The van der Waals surface area contributed by atoms with Crippen molar-refractivity contribution in [3.63, 3.8) is 0 Å². The molecule has 0 saturated carbocycles. The molecular formula is C13H14INO4. The Morgan fingerprint density at radius 1 is 1.26 bits per heavy atom. The van der Waals surface area contributed by atoms with Gasteiger partial charge in [0, 0.05) is 35.1 Å². The number of nitrogens with zero attached hydrogens (tertiary/aromatic N) is 1. The standard InChI is InChI=1S/C13H14INO4/c14-10-3-1-2-9(8-10)11(16)15-6-4-13(19,5-7-15)12(17)18/h1-3,8,19H,4-7H2,(H,17,18). The Hall–Kier alpha value is -1.15. The molecule has 1 aliphatic heterocycles. The van der Waals surface area contributed by atoms with Gasteiger partial charge in [0.2, 0.25) is 0 Å². The van der Waals surface area contributed by atoms with Gasteiger partial charge < -0.3 is 15.1 Å². The van der Waals surface area contributed by atoms with Crippen LogP contribution in [0.25, 0.3) is 0 Å². The molecule has 0 aliphatic carbocycles. The number of likely N-dealkylation sites (tertiary alicyclic amines) is 1. The lowest BCUT2D eigenvalue weighted by Crippen LogP contribution is -2.50. The number of carboxylic acids is 1. The van der Waals surface area contributed by atoms with Gasteiger partial charge in [0.15, 0.2) is 5.60 Å². The van der Waals surface area contributed by atoms with Gasteiger partial charge in [-0.3, -0.25) is 4.79 Å². The summed E-state index contributed by atoms with van der Waals surface area (Å²) in [4.78, 5) is 24.7. The van der Waals surface area contributed by atoms with Gasteiger partial charge in [-0.05, 0) is 40.8 Å². The second kappa shape index (κ2) is 5.46. The summed E-state index contributed by atoms with van der Waals surface area (Å²) in [6.07, 6.45) is 0.135. The Kier molecular flexibility index (Phi) is 4.10. The summed E-state index contributed by atoms with van der Waals surface area (Å²) in [7, 11) is 0. The van der Waals surface area contributed by atoms with Gasteiger partial charge in [-0.1, -0.05) is 6.07 Å². The summed E-state index contributed by atoms with van der Waals surface area (Å²) in [5, 5.41) is 18.7. The van der Waals surface area contributed by atoms with Crippen LogP contribution in [0.3, 0.4) is 0 Å². The minimum atomic E-state index is -1.69. The lowest BCUT2D eigenvalue weighted by Gasteiger charge is -2.35. The number of aliphatic hydroxyl groups is 1. The molecule has 0 radical (unpaired) electrons. The van der Waals surface area contributed by atoms with E-state index in [-0.39, 0.29) is 31.8 Å². The molecule has 102 valence electrons. The van der Waals surface area contributed by atoms with E-state index in [1.54, 1.807) is 17.0 Å². The van der Waals surface area contributed by atoms with Gasteiger partial charge >= 0.3 is 5.97 Å². The van der Waals surface area contributed by atoms with Crippen LogP contribution in [-0.2, 0) is 4.79 Å². The lowest BCUT2D eigenvalue weighted by molar-refractivity contribution is -0.162. The third kappa shape index (κ3) is 3.06. The summed E-state index contributed by atoms with van der Waals surface area (Å²) < 4.78 is 0.975. The number of carbonyl (C=O) groups excluding carboxylic acids is 1. The highest BCUT2D eigenvalue weighted by Gasteiger charge is 2.40. The van der Waals surface area contributed by atoms with E-state index >= 15 is 0 Å². The lowest BCUT2D eigenvalue weighted by atomic mass is 9.91. The fourth-order valence-electron chi connectivity index (χ4n) is 2.10. The zero-order valence-corrected chi connectivity index (χ0v) is 12.3. The number of carbonyl (C=O) groups is 2. The average Bonchev–Trinajstić information content (AvgIpc) is 2.38. The van der Waals surface area contributed by atoms with Crippen molar-refractivity contribution in [3.05, 3.63) is 33.4 Å². The number of benzene rings is 1. The number of aliphatic carboxylic acids is 1. The van der Waals surface area contributed by atoms with E-state index in [9.17, 15) is 14.7 Å². The van der Waals surface area contributed by atoms with Gasteiger partial charge in [0.1, 0.15) is 0 Å². The van der Waals surface area contributed by atoms with Crippen molar-refractivity contribution in [1.29, 1.82) is 0 Å². The molecule has 1 saturated heterocycles. The van der Waals surface area contributed by atoms with Crippen molar-refractivity contribution < 1.29 is 19.8 Å². The molecular weight excluding hydrogens is 361 g/mol. The normalized spacial score (nSPS) is 18.1. The highest BCUT2D eigenvalue weighted by molar-refractivity contribution is 14.1. The molecule has 1 aromatic carbocycles. The molecule has 2 rings (SSSR count). The molecule has 0 spiro atoms. The maximum Gasteiger partial charge on any atom is 0.335 e. The molecule has 0 unspecified atom stereocenters. The van der Waals surface area contributed by atoms with E-state index in [1.165, 1.54) is 0 Å². The zero-order chi connectivity index (χ0) is 14.0. The van der Waals surface area contributed by atoms with E-state index in [2.05, 4.69) is 22.6 Å². The Balaban J connectivity index is 2.06. The number of amides is 1. The van der Waals surface area contributed by atoms with Crippen molar-refractivity contribution in [2.45, 2.75) is 18.4 Å². The molecule has 0 aromatic heterocycles. The molecule has 1 amide bonds. The first kappa shape index (κ1) is 14.3. The van der Waals surface area contributed by atoms with Gasteiger partial charge in [0.05, 0.1) is 0 Å². The van der Waals surface area contributed by atoms with E-state index in [0.717, 1.165) is 3.57 Å². The van der Waals surface area contributed by atoms with Crippen LogP contribution in [-0.4, -0.2) is 45.7 Å². The van der Waals surface area contributed by atoms with Crippen LogP contribution in [0.5, 0.6) is 0 Å². The molecule has 2 N–H and O–H groups in total. The van der Waals surface area contributed by atoms with Crippen molar-refractivity contribution in [3.8, 4) is 0 Å². The number of halogens is 1. The third-order valence-electron chi connectivity index (χ3n) is 3.35. The molecule has 1 fully saturated rings. The van der Waals surface area contributed by atoms with Crippen LogP contribution < -0.4 is 0 Å². The Morgan fingerprint density at radius 3 is 2.42 bits per heavy atom. The van der Waals surface area contributed by atoms with Gasteiger partial charge in [-0.25, -0.2) is 4.79 Å². The third-order valence-corrected chi connectivity index (χ3v) is 4.02. The van der Waals surface area contributed by atoms with E-state index in [4.69, 9.17) is 5.11 Å². The highest BCUT2D eigenvalue weighted by Crippen LogP contribution is 2.23. The maximum atomic E-state index is 12.2. The van der Waals surface area contributed by atoms with Gasteiger partial charge in [-0.2, -0.15) is 0 Å². The first-order valence-corrected chi connectivity index (χ1v) is 7.01. The van der Waals surface area contributed by atoms with Crippen molar-refractivity contribution in [1.82, 2.24) is 4.90 Å². The van der Waals surface area contributed by atoms with E-state index in [1.807, 2.05) is 12.1 Å². The molecule has 0 bridgehead atoms. The van der Waals surface area contributed by atoms with Crippen LogP contribution in [0.4, 0.5) is 0 Å². The summed E-state index contributed by atoms with van der Waals surface area (Å²) in [6, 6.07) is 7.24. The fourth-order valence-corrected chi connectivity index (χ4v) is 2.64. The highest BCUT2D eigenvalue weighted by atomic mass is 127. The Morgan fingerprint density at radius 2 is 1.89 bits per heavy atom.